The second-order valence-corrected chi connectivity index (χ2v) is 7.78. The molecule has 1 aromatic heterocycles. The Labute approximate surface area is 168 Å². The molecular formula is C20H34ClN3O3. The predicted octanol–water partition coefficient (Wildman–Crippen LogP) is 2.89. The Bertz CT molecular complexity index is 601. The van der Waals surface area contributed by atoms with E-state index in [1.165, 1.54) is 0 Å². The number of hydrogen-bond acceptors (Lipinski definition) is 3. The van der Waals surface area contributed by atoms with Crippen molar-refractivity contribution in [3.63, 3.8) is 0 Å². The number of aromatic nitrogens is 1. The molecule has 2 amide bonds. The first kappa shape index (κ1) is 23.5. The molecule has 0 aliphatic heterocycles. The van der Waals surface area contributed by atoms with Crippen LogP contribution in [0.2, 0.25) is 0 Å². The van der Waals surface area contributed by atoms with E-state index in [4.69, 9.17) is 16.3 Å². The summed E-state index contributed by atoms with van der Waals surface area (Å²) < 4.78 is 7.13. The molecule has 6 nitrogen and oxygen atoms in total. The maximum absolute atomic E-state index is 13.0. The van der Waals surface area contributed by atoms with E-state index in [1.807, 2.05) is 34.8 Å². The number of ether oxygens (including phenoxy) is 1. The Hall–Kier alpha value is -1.53. The van der Waals surface area contributed by atoms with Gasteiger partial charge in [0.2, 0.25) is 11.8 Å². The van der Waals surface area contributed by atoms with Crippen molar-refractivity contribution in [3.05, 3.63) is 24.0 Å². The van der Waals surface area contributed by atoms with Gasteiger partial charge in [-0.2, -0.15) is 0 Å². The molecule has 0 unspecified atom stereocenters. The Morgan fingerprint density at radius 2 is 1.96 bits per heavy atom. The zero-order valence-corrected chi connectivity index (χ0v) is 18.1. The van der Waals surface area contributed by atoms with Gasteiger partial charge in [-0.1, -0.05) is 13.3 Å². The zero-order valence-electron chi connectivity index (χ0n) is 17.3. The summed E-state index contributed by atoms with van der Waals surface area (Å²) in [7, 11) is 3.55. The molecule has 1 rings (SSSR count). The summed E-state index contributed by atoms with van der Waals surface area (Å²) in [6.07, 6.45) is 3.90. The van der Waals surface area contributed by atoms with Gasteiger partial charge in [0, 0.05) is 45.0 Å². The molecule has 0 radical (unpaired) electrons. The van der Waals surface area contributed by atoms with Gasteiger partial charge in [0.1, 0.15) is 0 Å². The molecule has 0 bridgehead atoms. The fourth-order valence-corrected chi connectivity index (χ4v) is 2.81. The summed E-state index contributed by atoms with van der Waals surface area (Å²) in [6.45, 7) is 7.69. The number of aryl methyl sites for hydroxylation is 1. The van der Waals surface area contributed by atoms with Gasteiger partial charge in [0.15, 0.2) is 0 Å². The van der Waals surface area contributed by atoms with Crippen molar-refractivity contribution < 1.29 is 14.3 Å². The first-order valence-corrected chi connectivity index (χ1v) is 10.0. The largest absolute Gasteiger partial charge is 0.383 e. The molecule has 0 aliphatic rings. The molecule has 1 heterocycles. The van der Waals surface area contributed by atoms with Crippen LogP contribution >= 0.6 is 11.6 Å². The van der Waals surface area contributed by atoms with Crippen LogP contribution in [0.1, 0.15) is 39.3 Å². The third kappa shape index (κ3) is 7.18. The Kier molecular flexibility index (Phi) is 9.88. The number of alkyl halides is 1. The third-order valence-electron chi connectivity index (χ3n) is 4.63. The second-order valence-electron chi connectivity index (χ2n) is 7.52. The summed E-state index contributed by atoms with van der Waals surface area (Å²) >= 11 is 5.97. The first-order valence-electron chi connectivity index (χ1n) is 9.49. The molecule has 0 aliphatic carbocycles. The minimum Gasteiger partial charge on any atom is -0.383 e. The zero-order chi connectivity index (χ0) is 20.4. The van der Waals surface area contributed by atoms with Crippen LogP contribution in [0.15, 0.2) is 18.3 Å². The van der Waals surface area contributed by atoms with Crippen LogP contribution in [0.5, 0.6) is 0 Å². The molecule has 0 spiro atoms. The number of halogens is 1. The Morgan fingerprint density at radius 1 is 1.26 bits per heavy atom. The smallest absolute Gasteiger partial charge is 0.242 e. The van der Waals surface area contributed by atoms with Gasteiger partial charge < -0.3 is 19.1 Å². The van der Waals surface area contributed by atoms with E-state index in [0.29, 0.717) is 26.2 Å². The monoisotopic (exact) mass is 399 g/mol. The highest BCUT2D eigenvalue weighted by molar-refractivity contribution is 6.19. The van der Waals surface area contributed by atoms with Crippen LogP contribution in [0, 0.1) is 5.41 Å². The van der Waals surface area contributed by atoms with Crippen molar-refractivity contribution >= 4 is 23.4 Å². The third-order valence-corrected chi connectivity index (χ3v) is 5.30. The summed E-state index contributed by atoms with van der Waals surface area (Å²) in [6, 6.07) is 3.98. The van der Waals surface area contributed by atoms with Crippen molar-refractivity contribution in [1.29, 1.82) is 0 Å². The lowest BCUT2D eigenvalue weighted by Crippen LogP contribution is -2.49. The molecule has 1 aromatic rings. The number of rotatable bonds is 12. The van der Waals surface area contributed by atoms with E-state index in [2.05, 4.69) is 6.92 Å². The molecule has 27 heavy (non-hydrogen) atoms. The van der Waals surface area contributed by atoms with E-state index in [0.717, 1.165) is 18.5 Å². The van der Waals surface area contributed by atoms with Gasteiger partial charge in [0.25, 0.3) is 0 Å². The Balaban J connectivity index is 2.92. The van der Waals surface area contributed by atoms with Crippen LogP contribution < -0.4 is 0 Å². The maximum Gasteiger partial charge on any atom is 0.242 e. The molecule has 0 saturated carbocycles. The van der Waals surface area contributed by atoms with Crippen LogP contribution in [-0.4, -0.2) is 65.4 Å². The molecule has 7 heteroatoms. The predicted molar refractivity (Wildman–Crippen MR) is 109 cm³/mol. The van der Waals surface area contributed by atoms with Crippen molar-refractivity contribution in [1.82, 2.24) is 14.4 Å². The van der Waals surface area contributed by atoms with Gasteiger partial charge in [-0.25, -0.2) is 0 Å². The van der Waals surface area contributed by atoms with Crippen molar-refractivity contribution in [2.24, 2.45) is 12.5 Å². The van der Waals surface area contributed by atoms with Gasteiger partial charge in [0.05, 0.1) is 25.1 Å². The quantitative estimate of drug-likeness (QED) is 0.508. The lowest BCUT2D eigenvalue weighted by Gasteiger charge is -2.32. The number of unbranched alkanes of at least 4 members (excludes halogenated alkanes) is 1. The number of nitrogens with zero attached hydrogens (tertiary/aromatic N) is 3. The van der Waals surface area contributed by atoms with Crippen molar-refractivity contribution in [2.75, 3.05) is 39.2 Å². The molecular weight excluding hydrogens is 366 g/mol. The highest BCUT2D eigenvalue weighted by Crippen LogP contribution is 2.21. The highest BCUT2D eigenvalue weighted by Gasteiger charge is 2.32. The van der Waals surface area contributed by atoms with E-state index < -0.39 is 5.41 Å². The number of carbonyl (C=O) groups excluding carboxylic acids is 2. The topological polar surface area (TPSA) is 54.8 Å². The first-order chi connectivity index (χ1) is 12.8. The Morgan fingerprint density at radius 3 is 2.48 bits per heavy atom. The molecule has 0 atom stereocenters. The van der Waals surface area contributed by atoms with E-state index >= 15 is 0 Å². The summed E-state index contributed by atoms with van der Waals surface area (Å²) in [5.41, 5.74) is 0.345. The van der Waals surface area contributed by atoms with Crippen LogP contribution in [0.3, 0.4) is 0 Å². The minimum atomic E-state index is -0.720. The second kappa shape index (κ2) is 11.3. The molecule has 154 valence electrons. The highest BCUT2D eigenvalue weighted by atomic mass is 35.5. The van der Waals surface area contributed by atoms with Gasteiger partial charge in [-0.05, 0) is 32.4 Å². The molecule has 0 fully saturated rings. The fraction of sp³-hybridized carbons (Fsp3) is 0.700. The average molecular weight is 400 g/mol. The van der Waals surface area contributed by atoms with E-state index in [1.54, 1.807) is 25.9 Å². The number of carbonyl (C=O) groups is 2. The maximum atomic E-state index is 13.0. The number of methoxy groups -OCH3 is 1. The minimum absolute atomic E-state index is 0.0383. The van der Waals surface area contributed by atoms with Gasteiger partial charge in [-0.3, -0.25) is 9.59 Å². The lowest BCUT2D eigenvalue weighted by molar-refractivity contribution is -0.146. The molecule has 0 N–H and O–H groups in total. The molecule has 0 saturated heterocycles. The van der Waals surface area contributed by atoms with Crippen LogP contribution in [-0.2, 0) is 27.9 Å². The molecule has 0 aromatic carbocycles. The summed E-state index contributed by atoms with van der Waals surface area (Å²) in [4.78, 5) is 29.3. The van der Waals surface area contributed by atoms with Crippen LogP contribution in [0.4, 0.5) is 0 Å². The van der Waals surface area contributed by atoms with Gasteiger partial charge >= 0.3 is 0 Å². The summed E-state index contributed by atoms with van der Waals surface area (Å²) in [5, 5.41) is 0. The van der Waals surface area contributed by atoms with Crippen molar-refractivity contribution in [2.45, 2.75) is 40.2 Å². The standard InChI is InChI=1S/C20H34ClN3O3/c1-6-7-11-23(14-17-9-8-10-22(17)4)18(25)15-24(12-13-27-5)19(26)20(2,3)16-21/h8-10H,6-7,11-16H2,1-5H3. The fourth-order valence-electron chi connectivity index (χ4n) is 2.70. The number of hydrogen-bond donors (Lipinski definition) is 0. The normalized spacial score (nSPS) is 11.5. The lowest BCUT2D eigenvalue weighted by atomic mass is 9.94. The van der Waals surface area contributed by atoms with E-state index in [9.17, 15) is 9.59 Å². The number of amides is 2. The van der Waals surface area contributed by atoms with Crippen molar-refractivity contribution in [3.8, 4) is 0 Å². The average Bonchev–Trinajstić information content (AvgIpc) is 3.05. The van der Waals surface area contributed by atoms with Crippen LogP contribution in [0.25, 0.3) is 0 Å². The van der Waals surface area contributed by atoms with Gasteiger partial charge in [-0.15, -0.1) is 11.6 Å². The SMILES string of the molecule is CCCCN(Cc1cccn1C)C(=O)CN(CCOC)C(=O)C(C)(C)CCl. The van der Waals surface area contributed by atoms with E-state index in [-0.39, 0.29) is 24.2 Å². The summed E-state index contributed by atoms with van der Waals surface area (Å²) in [5.74, 6) is 0.0172.